The molecular weight excluding hydrogens is 492 g/mol. The number of carbonyl (C=O) groups excluding carboxylic acids is 1. The van der Waals surface area contributed by atoms with Gasteiger partial charge in [0.25, 0.3) is 5.91 Å². The Morgan fingerprint density at radius 2 is 1.65 bits per heavy atom. The van der Waals surface area contributed by atoms with E-state index in [9.17, 15) is 14.7 Å². The van der Waals surface area contributed by atoms with E-state index in [1.54, 1.807) is 26.0 Å². The second-order valence-corrected chi connectivity index (χ2v) is 9.93. The van der Waals surface area contributed by atoms with Crippen LogP contribution in [0.5, 0.6) is 11.5 Å². The molecule has 2 aromatic carbocycles. The lowest BCUT2D eigenvalue weighted by atomic mass is 9.85. The van der Waals surface area contributed by atoms with Gasteiger partial charge < -0.3 is 24.7 Å². The molecule has 1 aliphatic carbocycles. The molecule has 0 unspecified atom stereocenters. The number of carbonyl (C=O) groups is 2. The molecule has 200 valence electrons. The normalized spacial score (nSPS) is 15.1. The van der Waals surface area contributed by atoms with E-state index < -0.39 is 17.9 Å². The molecule has 1 aliphatic rings. The number of methoxy groups -OCH3 is 2. The Labute approximate surface area is 222 Å². The molecule has 0 aromatic heterocycles. The van der Waals surface area contributed by atoms with Gasteiger partial charge in [0, 0.05) is 18.1 Å². The van der Waals surface area contributed by atoms with Crippen molar-refractivity contribution in [3.05, 3.63) is 47.5 Å². The van der Waals surface area contributed by atoms with E-state index in [0.29, 0.717) is 11.5 Å². The summed E-state index contributed by atoms with van der Waals surface area (Å²) in [6.45, 7) is 0. The summed E-state index contributed by atoms with van der Waals surface area (Å²) in [4.78, 5) is 29.9. The number of carboxylic acids is 1. The van der Waals surface area contributed by atoms with Crippen molar-refractivity contribution in [2.45, 2.75) is 50.3 Å². The zero-order chi connectivity index (χ0) is 26.8. The van der Waals surface area contributed by atoms with Crippen LogP contribution in [0.2, 0.25) is 0 Å². The smallest absolute Gasteiger partial charge is 0.326 e. The fourth-order valence-electron chi connectivity index (χ4n) is 4.75. The van der Waals surface area contributed by atoms with Crippen molar-refractivity contribution < 1.29 is 29.0 Å². The molecule has 0 saturated heterocycles. The molecule has 1 atom stereocenters. The van der Waals surface area contributed by atoms with Gasteiger partial charge in [-0.1, -0.05) is 48.7 Å². The lowest BCUT2D eigenvalue weighted by Gasteiger charge is -2.23. The number of thioether (sulfide) groups is 1. The van der Waals surface area contributed by atoms with Crippen molar-refractivity contribution in [2.24, 2.45) is 11.1 Å². The highest BCUT2D eigenvalue weighted by atomic mass is 32.2. The fourth-order valence-corrected chi connectivity index (χ4v) is 5.25. The number of carboxylic acid groups (broad SMARTS) is 1. The van der Waals surface area contributed by atoms with Crippen molar-refractivity contribution in [3.63, 3.8) is 0 Å². The van der Waals surface area contributed by atoms with Crippen LogP contribution in [0.3, 0.4) is 0 Å². The third-order valence-electron chi connectivity index (χ3n) is 6.58. The van der Waals surface area contributed by atoms with Crippen LogP contribution in [-0.4, -0.2) is 56.3 Å². The number of benzene rings is 2. The Morgan fingerprint density at radius 3 is 2.16 bits per heavy atom. The number of nitrogens with one attached hydrogen (secondary N) is 1. The lowest BCUT2D eigenvalue weighted by molar-refractivity contribution is -0.141. The second kappa shape index (κ2) is 13.9. The first-order chi connectivity index (χ1) is 17.9. The number of aliphatic carboxylic acids is 1. The molecule has 1 fully saturated rings. The number of nitrogens with zero attached hydrogens (tertiary/aromatic N) is 1. The number of amides is 1. The first kappa shape index (κ1) is 28.4. The third-order valence-corrected chi connectivity index (χ3v) is 7.20. The third kappa shape index (κ3) is 7.41. The number of oxime groups is 1. The summed E-state index contributed by atoms with van der Waals surface area (Å²) < 4.78 is 11.3. The van der Waals surface area contributed by atoms with E-state index >= 15 is 0 Å². The number of rotatable bonds is 12. The molecule has 1 amide bonds. The summed E-state index contributed by atoms with van der Waals surface area (Å²) in [6.07, 6.45) is 7.04. The largest absolute Gasteiger partial charge is 0.496 e. The summed E-state index contributed by atoms with van der Waals surface area (Å²) in [5.74, 6) is 0.642. The number of hydrogen-bond donors (Lipinski definition) is 2. The van der Waals surface area contributed by atoms with Crippen LogP contribution in [0.4, 0.5) is 0 Å². The Bertz CT molecular complexity index is 1070. The summed E-state index contributed by atoms with van der Waals surface area (Å²) in [6, 6.07) is 10.4. The van der Waals surface area contributed by atoms with E-state index in [4.69, 9.17) is 14.3 Å². The van der Waals surface area contributed by atoms with E-state index in [-0.39, 0.29) is 18.1 Å². The number of hydrogen-bond acceptors (Lipinski definition) is 7. The van der Waals surface area contributed by atoms with Crippen LogP contribution in [0, 0.1) is 5.92 Å². The molecule has 2 N–H and O–H groups in total. The Balaban J connectivity index is 1.79. The van der Waals surface area contributed by atoms with E-state index in [1.807, 2.05) is 42.7 Å². The van der Waals surface area contributed by atoms with Gasteiger partial charge >= 0.3 is 5.97 Å². The van der Waals surface area contributed by atoms with Gasteiger partial charge in [0.05, 0.1) is 19.8 Å². The second-order valence-electron chi connectivity index (χ2n) is 9.07. The number of ether oxygens (including phenoxy) is 2. The molecule has 0 radical (unpaired) electrons. The molecule has 8 nitrogen and oxygen atoms in total. The van der Waals surface area contributed by atoms with Crippen LogP contribution < -0.4 is 14.8 Å². The van der Waals surface area contributed by atoms with Gasteiger partial charge in [-0.25, -0.2) is 4.79 Å². The predicted molar refractivity (Wildman–Crippen MR) is 146 cm³/mol. The Hall–Kier alpha value is -3.20. The quantitative estimate of drug-likeness (QED) is 0.297. The zero-order valence-corrected chi connectivity index (χ0v) is 22.7. The molecule has 37 heavy (non-hydrogen) atoms. The predicted octanol–water partition coefficient (Wildman–Crippen LogP) is 4.93. The van der Waals surface area contributed by atoms with Crippen LogP contribution in [-0.2, 0) is 26.6 Å². The average molecular weight is 529 g/mol. The molecule has 0 aliphatic heterocycles. The van der Waals surface area contributed by atoms with E-state index in [1.165, 1.54) is 7.11 Å². The Kier molecular flexibility index (Phi) is 10.7. The molecule has 0 heterocycles. The van der Waals surface area contributed by atoms with E-state index in [0.717, 1.165) is 60.1 Å². The molecule has 9 heteroatoms. The maximum Gasteiger partial charge on any atom is 0.326 e. The summed E-state index contributed by atoms with van der Waals surface area (Å²) >= 11 is 1.72. The molecular formula is C28H36N2O6S. The average Bonchev–Trinajstić information content (AvgIpc) is 2.91. The van der Waals surface area contributed by atoms with Crippen LogP contribution in [0.15, 0.2) is 41.6 Å². The SMILES string of the molecule is CO/N=C(\C(=O)N[C@@H](Cc1ccc(-c2c(OC)cc(CSC)cc2OC)cc1)C(=O)O)C1CCCCC1. The van der Waals surface area contributed by atoms with Gasteiger partial charge in [-0.2, -0.15) is 11.8 Å². The van der Waals surface area contributed by atoms with Gasteiger partial charge in [-0.15, -0.1) is 0 Å². The molecule has 0 spiro atoms. The zero-order valence-electron chi connectivity index (χ0n) is 21.9. The monoisotopic (exact) mass is 528 g/mol. The summed E-state index contributed by atoms with van der Waals surface area (Å²) in [7, 11) is 4.65. The van der Waals surface area contributed by atoms with Gasteiger partial charge in [0.1, 0.15) is 30.4 Å². The first-order valence-corrected chi connectivity index (χ1v) is 13.8. The van der Waals surface area contributed by atoms with Crippen LogP contribution in [0.1, 0.15) is 43.2 Å². The molecule has 3 rings (SSSR count). The van der Waals surface area contributed by atoms with Gasteiger partial charge in [-0.3, -0.25) is 4.79 Å². The van der Waals surface area contributed by atoms with Gasteiger partial charge in [0.2, 0.25) is 0 Å². The topological polar surface area (TPSA) is 106 Å². The molecule has 0 bridgehead atoms. The minimum Gasteiger partial charge on any atom is -0.496 e. The van der Waals surface area contributed by atoms with Crippen molar-refractivity contribution in [1.29, 1.82) is 0 Å². The fraction of sp³-hybridized carbons (Fsp3) is 0.464. The van der Waals surface area contributed by atoms with Gasteiger partial charge in [-0.05, 0) is 47.9 Å². The summed E-state index contributed by atoms with van der Waals surface area (Å²) in [5, 5.41) is 16.4. The lowest BCUT2D eigenvalue weighted by Crippen LogP contribution is -2.47. The standard InChI is InChI=1S/C28H36N2O6S/c1-34-23-15-19(17-37-4)16-24(35-2)25(23)20-12-10-18(11-13-20)14-22(28(32)33)29-27(31)26(30-36-3)21-8-6-5-7-9-21/h10-13,15-16,21-22H,5-9,14,17H2,1-4H3,(H,29,31)(H,32,33)/b30-26-/t22-/m0/s1. The minimum absolute atomic E-state index is 0.0188. The van der Waals surface area contributed by atoms with Crippen LogP contribution in [0.25, 0.3) is 11.1 Å². The highest BCUT2D eigenvalue weighted by molar-refractivity contribution is 7.97. The van der Waals surface area contributed by atoms with E-state index in [2.05, 4.69) is 10.5 Å². The van der Waals surface area contributed by atoms with Crippen molar-refractivity contribution in [1.82, 2.24) is 5.32 Å². The van der Waals surface area contributed by atoms with Gasteiger partial charge in [0.15, 0.2) is 0 Å². The molecule has 2 aromatic rings. The highest BCUT2D eigenvalue weighted by Crippen LogP contribution is 2.40. The van der Waals surface area contributed by atoms with Crippen molar-refractivity contribution in [2.75, 3.05) is 27.6 Å². The maximum atomic E-state index is 13.0. The summed E-state index contributed by atoms with van der Waals surface area (Å²) in [5.41, 5.74) is 3.86. The Morgan fingerprint density at radius 1 is 1.03 bits per heavy atom. The highest BCUT2D eigenvalue weighted by Gasteiger charge is 2.29. The van der Waals surface area contributed by atoms with Crippen LogP contribution >= 0.6 is 11.8 Å². The molecule has 1 saturated carbocycles. The van der Waals surface area contributed by atoms with Crippen molar-refractivity contribution >= 4 is 29.4 Å². The minimum atomic E-state index is -1.11. The maximum absolute atomic E-state index is 13.0. The van der Waals surface area contributed by atoms with Crippen molar-refractivity contribution in [3.8, 4) is 22.6 Å². The first-order valence-electron chi connectivity index (χ1n) is 12.4.